The minimum atomic E-state index is -0.772. The first-order valence-corrected chi connectivity index (χ1v) is 7.10. The van der Waals surface area contributed by atoms with Crippen molar-refractivity contribution in [3.63, 3.8) is 0 Å². The zero-order valence-electron chi connectivity index (χ0n) is 11.8. The Morgan fingerprint density at radius 3 is 2.53 bits per heavy atom. The second-order valence-corrected chi connectivity index (χ2v) is 5.54. The standard InChI is InChI=1S/C13H25N3O3/c1-14-2-4-15(5-3-14)6-7-16-8-9-19-12(11-16)10-13(17)18/h12H,2-11H2,1H3,(H,17,18). The van der Waals surface area contributed by atoms with Gasteiger partial charge in [0.05, 0.1) is 19.1 Å². The molecule has 2 heterocycles. The molecule has 0 amide bonds. The summed E-state index contributed by atoms with van der Waals surface area (Å²) < 4.78 is 5.48. The third kappa shape index (κ3) is 5.06. The van der Waals surface area contributed by atoms with Crippen LogP contribution in [0.15, 0.2) is 0 Å². The summed E-state index contributed by atoms with van der Waals surface area (Å²) in [5.74, 6) is -0.772. The van der Waals surface area contributed by atoms with E-state index in [4.69, 9.17) is 9.84 Å². The number of carboxylic acids is 1. The Balaban J connectivity index is 1.66. The summed E-state index contributed by atoms with van der Waals surface area (Å²) in [5, 5.41) is 8.80. The van der Waals surface area contributed by atoms with Crippen molar-refractivity contribution in [2.45, 2.75) is 12.5 Å². The van der Waals surface area contributed by atoms with Crippen LogP contribution in [0, 0.1) is 0 Å². The molecule has 1 N–H and O–H groups in total. The first kappa shape index (κ1) is 14.7. The van der Waals surface area contributed by atoms with Crippen molar-refractivity contribution in [2.24, 2.45) is 0 Å². The van der Waals surface area contributed by atoms with Crippen LogP contribution in [0.2, 0.25) is 0 Å². The van der Waals surface area contributed by atoms with Crippen LogP contribution in [0.5, 0.6) is 0 Å². The van der Waals surface area contributed by atoms with Gasteiger partial charge in [0.25, 0.3) is 0 Å². The maximum atomic E-state index is 10.7. The molecule has 0 bridgehead atoms. The van der Waals surface area contributed by atoms with Gasteiger partial charge in [-0.05, 0) is 7.05 Å². The monoisotopic (exact) mass is 271 g/mol. The van der Waals surface area contributed by atoms with Crippen molar-refractivity contribution < 1.29 is 14.6 Å². The van der Waals surface area contributed by atoms with Crippen LogP contribution in [0.3, 0.4) is 0 Å². The Morgan fingerprint density at radius 2 is 1.84 bits per heavy atom. The van der Waals surface area contributed by atoms with Gasteiger partial charge in [-0.1, -0.05) is 0 Å². The molecule has 0 aliphatic carbocycles. The highest BCUT2D eigenvalue weighted by Gasteiger charge is 2.23. The van der Waals surface area contributed by atoms with E-state index in [0.29, 0.717) is 6.61 Å². The molecule has 0 spiro atoms. The summed E-state index contributed by atoms with van der Waals surface area (Å²) in [6.45, 7) is 8.98. The van der Waals surface area contributed by atoms with E-state index in [2.05, 4.69) is 21.7 Å². The van der Waals surface area contributed by atoms with Gasteiger partial charge in [-0.25, -0.2) is 0 Å². The van der Waals surface area contributed by atoms with Crippen LogP contribution in [0.25, 0.3) is 0 Å². The quantitative estimate of drug-likeness (QED) is 0.721. The fourth-order valence-corrected chi connectivity index (χ4v) is 2.66. The van der Waals surface area contributed by atoms with Gasteiger partial charge in [-0.2, -0.15) is 0 Å². The summed E-state index contributed by atoms with van der Waals surface area (Å²) in [5.41, 5.74) is 0. The van der Waals surface area contributed by atoms with E-state index >= 15 is 0 Å². The molecule has 6 heteroatoms. The average molecular weight is 271 g/mol. The van der Waals surface area contributed by atoms with Gasteiger partial charge in [0.15, 0.2) is 0 Å². The maximum absolute atomic E-state index is 10.7. The van der Waals surface area contributed by atoms with Crippen LogP contribution in [-0.4, -0.2) is 97.9 Å². The zero-order valence-corrected chi connectivity index (χ0v) is 11.8. The topological polar surface area (TPSA) is 56.2 Å². The number of rotatable bonds is 5. The van der Waals surface area contributed by atoms with E-state index in [1.54, 1.807) is 0 Å². The molecular weight excluding hydrogens is 246 g/mol. The number of ether oxygens (including phenoxy) is 1. The number of carbonyl (C=O) groups is 1. The Kier molecular flexibility index (Phi) is 5.57. The van der Waals surface area contributed by atoms with Crippen molar-refractivity contribution in [1.82, 2.24) is 14.7 Å². The van der Waals surface area contributed by atoms with Crippen molar-refractivity contribution in [2.75, 3.05) is 66.0 Å². The highest BCUT2D eigenvalue weighted by atomic mass is 16.5. The van der Waals surface area contributed by atoms with Crippen LogP contribution in [0.4, 0.5) is 0 Å². The van der Waals surface area contributed by atoms with E-state index in [1.807, 2.05) is 0 Å². The number of nitrogens with zero attached hydrogens (tertiary/aromatic N) is 3. The zero-order chi connectivity index (χ0) is 13.7. The number of piperazine rings is 1. The highest BCUT2D eigenvalue weighted by molar-refractivity contribution is 5.67. The molecule has 2 aliphatic rings. The summed E-state index contributed by atoms with van der Waals surface area (Å²) in [4.78, 5) is 17.9. The van der Waals surface area contributed by atoms with E-state index in [1.165, 1.54) is 0 Å². The van der Waals surface area contributed by atoms with E-state index in [9.17, 15) is 4.79 Å². The average Bonchev–Trinajstić information content (AvgIpc) is 2.38. The predicted octanol–water partition coefficient (Wildman–Crippen LogP) is -0.591. The first-order chi connectivity index (χ1) is 9.13. The van der Waals surface area contributed by atoms with Gasteiger partial charge in [0.1, 0.15) is 0 Å². The molecule has 6 nitrogen and oxygen atoms in total. The lowest BCUT2D eigenvalue weighted by molar-refractivity contribution is -0.142. The van der Waals surface area contributed by atoms with Gasteiger partial charge in [0, 0.05) is 52.4 Å². The van der Waals surface area contributed by atoms with Gasteiger partial charge in [-0.3, -0.25) is 14.6 Å². The van der Waals surface area contributed by atoms with Crippen LogP contribution in [0.1, 0.15) is 6.42 Å². The molecule has 0 saturated carbocycles. The van der Waals surface area contributed by atoms with Crippen LogP contribution in [-0.2, 0) is 9.53 Å². The molecule has 0 aromatic carbocycles. The Morgan fingerprint density at radius 1 is 1.16 bits per heavy atom. The fraction of sp³-hybridized carbons (Fsp3) is 0.923. The molecular formula is C13H25N3O3. The fourth-order valence-electron chi connectivity index (χ4n) is 2.66. The molecule has 0 aromatic rings. The molecule has 2 aliphatic heterocycles. The van der Waals surface area contributed by atoms with E-state index in [0.717, 1.165) is 52.4 Å². The number of morpholine rings is 1. The number of hydrogen-bond acceptors (Lipinski definition) is 5. The summed E-state index contributed by atoms with van der Waals surface area (Å²) >= 11 is 0. The maximum Gasteiger partial charge on any atom is 0.306 e. The second-order valence-electron chi connectivity index (χ2n) is 5.54. The Labute approximate surface area is 114 Å². The van der Waals surface area contributed by atoms with Gasteiger partial charge >= 0.3 is 5.97 Å². The molecule has 19 heavy (non-hydrogen) atoms. The second kappa shape index (κ2) is 7.19. The molecule has 0 radical (unpaired) electrons. The molecule has 2 rings (SSSR count). The van der Waals surface area contributed by atoms with Crippen molar-refractivity contribution >= 4 is 5.97 Å². The van der Waals surface area contributed by atoms with Gasteiger partial charge in [0.2, 0.25) is 0 Å². The Bertz CT molecular complexity index is 293. The molecule has 0 aromatic heterocycles. The van der Waals surface area contributed by atoms with Crippen LogP contribution < -0.4 is 0 Å². The number of likely N-dealkylation sites (N-methyl/N-ethyl adjacent to an activating group) is 1. The number of carboxylic acid groups (broad SMARTS) is 1. The summed E-state index contributed by atoms with van der Waals surface area (Å²) in [6, 6.07) is 0. The number of aliphatic carboxylic acids is 1. The third-order valence-electron chi connectivity index (χ3n) is 3.95. The lowest BCUT2D eigenvalue weighted by Gasteiger charge is -2.36. The largest absolute Gasteiger partial charge is 0.481 e. The minimum Gasteiger partial charge on any atom is -0.481 e. The summed E-state index contributed by atoms with van der Waals surface area (Å²) in [6.07, 6.45) is -0.0240. The predicted molar refractivity (Wildman–Crippen MR) is 72.4 cm³/mol. The molecule has 110 valence electrons. The van der Waals surface area contributed by atoms with Gasteiger partial charge < -0.3 is 14.7 Å². The lowest BCUT2D eigenvalue weighted by Crippen LogP contribution is -2.49. The lowest BCUT2D eigenvalue weighted by atomic mass is 10.2. The normalized spacial score (nSPS) is 27.5. The smallest absolute Gasteiger partial charge is 0.306 e. The summed E-state index contributed by atoms with van der Waals surface area (Å²) in [7, 11) is 2.16. The third-order valence-corrected chi connectivity index (χ3v) is 3.95. The molecule has 2 saturated heterocycles. The van der Waals surface area contributed by atoms with Crippen molar-refractivity contribution in [1.29, 1.82) is 0 Å². The van der Waals surface area contributed by atoms with Crippen LogP contribution >= 0.6 is 0 Å². The minimum absolute atomic E-state index is 0.116. The van der Waals surface area contributed by atoms with E-state index in [-0.39, 0.29) is 12.5 Å². The number of hydrogen-bond donors (Lipinski definition) is 1. The highest BCUT2D eigenvalue weighted by Crippen LogP contribution is 2.09. The van der Waals surface area contributed by atoms with Gasteiger partial charge in [-0.15, -0.1) is 0 Å². The van der Waals surface area contributed by atoms with Crippen molar-refractivity contribution in [3.05, 3.63) is 0 Å². The molecule has 1 unspecified atom stereocenters. The Hall–Kier alpha value is -0.690. The SMILES string of the molecule is CN1CCN(CCN2CCOC(CC(=O)O)C2)CC1. The molecule has 2 fully saturated rings. The van der Waals surface area contributed by atoms with E-state index < -0.39 is 5.97 Å². The molecule has 1 atom stereocenters. The first-order valence-electron chi connectivity index (χ1n) is 7.10. The van der Waals surface area contributed by atoms with Crippen molar-refractivity contribution in [3.8, 4) is 0 Å².